The molecule has 1 aromatic carbocycles. The molecule has 0 fully saturated rings. The highest BCUT2D eigenvalue weighted by molar-refractivity contribution is 6.31. The summed E-state index contributed by atoms with van der Waals surface area (Å²) in [6, 6.07) is 2.30. The Hall–Kier alpha value is -1.20. The van der Waals surface area contributed by atoms with Crippen LogP contribution >= 0.6 is 11.6 Å². The minimum absolute atomic E-state index is 0.0225. The molecule has 0 spiro atoms. The molecule has 0 aliphatic heterocycles. The highest BCUT2D eigenvalue weighted by Gasteiger charge is 2.27. The number of rotatable bonds is 6. The summed E-state index contributed by atoms with van der Waals surface area (Å²) in [5, 5.41) is 14.1. The Labute approximate surface area is 117 Å². The van der Waals surface area contributed by atoms with Crippen LogP contribution in [0.25, 0.3) is 0 Å². The lowest BCUT2D eigenvalue weighted by molar-refractivity contribution is -0.385. The van der Waals surface area contributed by atoms with E-state index in [1.165, 1.54) is 6.07 Å². The molecule has 0 amide bonds. The van der Waals surface area contributed by atoms with Gasteiger partial charge in [-0.15, -0.1) is 0 Å². The monoisotopic (exact) mass is 288 g/mol. The maximum absolute atomic E-state index is 13.6. The van der Waals surface area contributed by atoms with Crippen LogP contribution < -0.4 is 5.32 Å². The lowest BCUT2D eigenvalue weighted by Crippen LogP contribution is -2.32. The number of hydrogen-bond acceptors (Lipinski definition) is 3. The number of halogens is 2. The Bertz CT molecular complexity index is 468. The van der Waals surface area contributed by atoms with Gasteiger partial charge in [0.2, 0.25) is 0 Å². The van der Waals surface area contributed by atoms with Crippen molar-refractivity contribution in [3.05, 3.63) is 38.7 Å². The van der Waals surface area contributed by atoms with E-state index >= 15 is 0 Å². The van der Waals surface area contributed by atoms with Crippen molar-refractivity contribution < 1.29 is 9.31 Å². The van der Waals surface area contributed by atoms with Gasteiger partial charge in [-0.1, -0.05) is 25.4 Å². The first kappa shape index (κ1) is 15.9. The number of nitro benzene ring substituents is 1. The van der Waals surface area contributed by atoms with Crippen molar-refractivity contribution in [2.45, 2.75) is 39.2 Å². The van der Waals surface area contributed by atoms with Gasteiger partial charge >= 0.3 is 0 Å². The Morgan fingerprint density at radius 1 is 1.47 bits per heavy atom. The van der Waals surface area contributed by atoms with Gasteiger partial charge in [0.1, 0.15) is 5.82 Å². The number of nitrogens with zero attached hydrogens (tertiary/aromatic N) is 1. The van der Waals surface area contributed by atoms with Gasteiger partial charge in [0.05, 0.1) is 9.95 Å². The smallest absolute Gasteiger partial charge is 0.274 e. The minimum atomic E-state index is -0.621. The summed E-state index contributed by atoms with van der Waals surface area (Å²) in [7, 11) is 0. The predicted octanol–water partition coefficient (Wildman–Crippen LogP) is 3.88. The topological polar surface area (TPSA) is 55.2 Å². The van der Waals surface area contributed by atoms with Crippen LogP contribution in [0.15, 0.2) is 12.1 Å². The van der Waals surface area contributed by atoms with E-state index in [1.807, 2.05) is 20.8 Å². The molecule has 1 N–H and O–H groups in total. The van der Waals surface area contributed by atoms with Crippen LogP contribution in [0.4, 0.5) is 10.1 Å². The summed E-state index contributed by atoms with van der Waals surface area (Å²) in [4.78, 5) is 10.6. The summed E-state index contributed by atoms with van der Waals surface area (Å²) in [5.74, 6) is -0.753. The van der Waals surface area contributed by atoms with Crippen molar-refractivity contribution in [2.75, 3.05) is 6.54 Å². The van der Waals surface area contributed by atoms with Crippen LogP contribution in [0.2, 0.25) is 5.02 Å². The van der Waals surface area contributed by atoms with Gasteiger partial charge in [0, 0.05) is 23.6 Å². The van der Waals surface area contributed by atoms with Gasteiger partial charge in [-0.25, -0.2) is 4.39 Å². The van der Waals surface area contributed by atoms with Gasteiger partial charge in [0.25, 0.3) is 5.69 Å². The molecule has 0 radical (unpaired) electrons. The molecule has 0 saturated carbocycles. The van der Waals surface area contributed by atoms with E-state index in [0.717, 1.165) is 12.6 Å². The molecule has 19 heavy (non-hydrogen) atoms. The average Bonchev–Trinajstić information content (AvgIpc) is 2.34. The molecule has 0 aromatic heterocycles. The highest BCUT2D eigenvalue weighted by Crippen LogP contribution is 2.34. The molecule has 2 atom stereocenters. The van der Waals surface area contributed by atoms with Crippen LogP contribution in [0.1, 0.15) is 38.7 Å². The lowest BCUT2D eigenvalue weighted by Gasteiger charge is -2.23. The molecule has 2 unspecified atom stereocenters. The second kappa shape index (κ2) is 6.82. The van der Waals surface area contributed by atoms with Gasteiger partial charge in [-0.2, -0.15) is 0 Å². The van der Waals surface area contributed by atoms with Crippen LogP contribution in [0.5, 0.6) is 0 Å². The Kier molecular flexibility index (Phi) is 5.69. The minimum Gasteiger partial charge on any atom is -0.314 e. The zero-order valence-corrected chi connectivity index (χ0v) is 12.0. The molecule has 6 heteroatoms. The van der Waals surface area contributed by atoms with Crippen LogP contribution in [0.3, 0.4) is 0 Å². The van der Waals surface area contributed by atoms with Crippen molar-refractivity contribution in [3.63, 3.8) is 0 Å². The molecule has 0 heterocycles. The zero-order chi connectivity index (χ0) is 14.6. The number of nitrogens with one attached hydrogen (secondary N) is 1. The number of likely N-dealkylation sites (N-methyl/N-ethyl adjacent to an activating group) is 1. The summed E-state index contributed by atoms with van der Waals surface area (Å²) < 4.78 is 13.6. The largest absolute Gasteiger partial charge is 0.314 e. The second-order valence-electron chi connectivity index (χ2n) is 4.44. The Morgan fingerprint density at radius 2 is 2.11 bits per heavy atom. The fourth-order valence-corrected chi connectivity index (χ4v) is 2.47. The molecular weight excluding hydrogens is 271 g/mol. The quantitative estimate of drug-likeness (QED) is 0.638. The molecule has 0 aliphatic rings. The van der Waals surface area contributed by atoms with Gasteiger partial charge in [-0.3, -0.25) is 10.1 Å². The van der Waals surface area contributed by atoms with Gasteiger partial charge in [-0.05, 0) is 26.0 Å². The molecular formula is C13H18ClFN2O2. The maximum Gasteiger partial charge on any atom is 0.274 e. The van der Waals surface area contributed by atoms with Crippen LogP contribution in [-0.4, -0.2) is 17.5 Å². The van der Waals surface area contributed by atoms with Crippen molar-refractivity contribution in [3.8, 4) is 0 Å². The van der Waals surface area contributed by atoms with Crippen LogP contribution in [0, 0.1) is 15.9 Å². The van der Waals surface area contributed by atoms with Crippen molar-refractivity contribution in [2.24, 2.45) is 0 Å². The number of nitro groups is 1. The first-order valence-electron chi connectivity index (χ1n) is 6.29. The third-order valence-electron chi connectivity index (χ3n) is 3.24. The number of benzene rings is 1. The lowest BCUT2D eigenvalue weighted by atomic mass is 9.88. The van der Waals surface area contributed by atoms with E-state index in [1.54, 1.807) is 0 Å². The number of hydrogen-bond donors (Lipinski definition) is 1. The summed E-state index contributed by atoms with van der Waals surface area (Å²) in [6.07, 6.45) is 0.677. The average molecular weight is 289 g/mol. The van der Waals surface area contributed by atoms with E-state index in [9.17, 15) is 14.5 Å². The molecule has 0 bridgehead atoms. The molecule has 106 valence electrons. The summed E-state index contributed by atoms with van der Waals surface area (Å²) in [5.41, 5.74) is 0.269. The highest BCUT2D eigenvalue weighted by atomic mass is 35.5. The van der Waals surface area contributed by atoms with E-state index in [4.69, 9.17) is 11.6 Å². The molecule has 1 rings (SSSR count). The summed E-state index contributed by atoms with van der Waals surface area (Å²) >= 11 is 5.62. The SMILES string of the molecule is CCNC(C)C(CC)c1cc(F)c(Cl)cc1[N+](=O)[O-]. The van der Waals surface area contributed by atoms with E-state index in [0.29, 0.717) is 12.0 Å². The fourth-order valence-electron chi connectivity index (χ4n) is 2.31. The standard InChI is InChI=1S/C13H18ClFN2O2/c1-4-9(8(3)16-5-2)10-6-12(15)11(14)7-13(10)17(18)19/h6-9,16H,4-5H2,1-3H3. The normalized spacial score (nSPS) is 14.2. The second-order valence-corrected chi connectivity index (χ2v) is 4.85. The van der Waals surface area contributed by atoms with E-state index in [-0.39, 0.29) is 22.7 Å². The third-order valence-corrected chi connectivity index (χ3v) is 3.52. The first-order valence-corrected chi connectivity index (χ1v) is 6.66. The molecule has 0 aliphatic carbocycles. The Morgan fingerprint density at radius 3 is 2.58 bits per heavy atom. The van der Waals surface area contributed by atoms with Crippen molar-refractivity contribution >= 4 is 17.3 Å². The maximum atomic E-state index is 13.6. The fraction of sp³-hybridized carbons (Fsp3) is 0.538. The van der Waals surface area contributed by atoms with E-state index in [2.05, 4.69) is 5.32 Å². The molecule has 1 aromatic rings. The predicted molar refractivity (Wildman–Crippen MR) is 74.2 cm³/mol. The zero-order valence-electron chi connectivity index (χ0n) is 11.2. The van der Waals surface area contributed by atoms with E-state index < -0.39 is 10.7 Å². The molecule has 4 nitrogen and oxygen atoms in total. The van der Waals surface area contributed by atoms with Gasteiger partial charge < -0.3 is 5.32 Å². The van der Waals surface area contributed by atoms with Crippen molar-refractivity contribution in [1.29, 1.82) is 0 Å². The third kappa shape index (κ3) is 3.64. The molecule has 0 saturated heterocycles. The first-order chi connectivity index (χ1) is 8.92. The Balaban J connectivity index is 3.29. The van der Waals surface area contributed by atoms with Crippen molar-refractivity contribution in [1.82, 2.24) is 5.32 Å². The van der Waals surface area contributed by atoms with Gasteiger partial charge in [0.15, 0.2) is 0 Å². The summed E-state index contributed by atoms with van der Waals surface area (Å²) in [6.45, 7) is 6.57. The van der Waals surface area contributed by atoms with Crippen LogP contribution in [-0.2, 0) is 0 Å².